The van der Waals surface area contributed by atoms with E-state index in [1.165, 1.54) is 31.2 Å². The Labute approximate surface area is 131 Å². The molecule has 0 bridgehead atoms. The average Bonchev–Trinajstić information content (AvgIpc) is 2.40. The van der Waals surface area contributed by atoms with E-state index in [2.05, 4.69) is 65.1 Å². The molecule has 3 nitrogen and oxygen atoms in total. The maximum Gasteiger partial charge on any atom is 0.126 e. The summed E-state index contributed by atoms with van der Waals surface area (Å²) in [5.74, 6) is 1.79. The molecule has 0 spiro atoms. The maximum atomic E-state index is 4.46. The summed E-state index contributed by atoms with van der Waals surface area (Å²) in [5.41, 5.74) is 1.48. The molecule has 0 radical (unpaired) electrons. The number of aryl methyl sites for hydroxylation is 1. The molecular formula is C16H26BrN3. The first-order valence-electron chi connectivity index (χ1n) is 7.46. The number of nitrogens with zero attached hydrogens (tertiary/aromatic N) is 2. The van der Waals surface area contributed by atoms with Gasteiger partial charge < -0.3 is 10.2 Å². The minimum Gasteiger partial charge on any atom is -0.368 e. The van der Waals surface area contributed by atoms with Crippen molar-refractivity contribution in [1.82, 2.24) is 9.88 Å². The van der Waals surface area contributed by atoms with E-state index in [0.717, 1.165) is 22.8 Å². The van der Waals surface area contributed by atoms with E-state index in [0.29, 0.717) is 0 Å². The summed E-state index contributed by atoms with van der Waals surface area (Å²) in [6.45, 7) is 5.44. The summed E-state index contributed by atoms with van der Waals surface area (Å²) in [6, 6.07) is 2.11. The quantitative estimate of drug-likeness (QED) is 0.895. The van der Waals surface area contributed by atoms with E-state index in [9.17, 15) is 0 Å². The van der Waals surface area contributed by atoms with E-state index in [1.807, 2.05) is 6.20 Å². The first-order chi connectivity index (χ1) is 9.43. The van der Waals surface area contributed by atoms with Crippen molar-refractivity contribution in [2.45, 2.75) is 45.1 Å². The molecule has 2 rings (SSSR count). The van der Waals surface area contributed by atoms with Gasteiger partial charge in [-0.3, -0.25) is 0 Å². The molecule has 1 aliphatic carbocycles. The third kappa shape index (κ3) is 3.53. The Hall–Kier alpha value is -0.610. The Morgan fingerprint density at radius 1 is 1.50 bits per heavy atom. The van der Waals surface area contributed by atoms with Crippen LogP contribution < -0.4 is 5.32 Å². The van der Waals surface area contributed by atoms with Crippen LogP contribution in [0, 0.1) is 12.8 Å². The van der Waals surface area contributed by atoms with Gasteiger partial charge >= 0.3 is 0 Å². The third-order valence-corrected chi connectivity index (χ3v) is 5.49. The monoisotopic (exact) mass is 339 g/mol. The van der Waals surface area contributed by atoms with Gasteiger partial charge in [0.25, 0.3) is 0 Å². The van der Waals surface area contributed by atoms with Gasteiger partial charge in [0.1, 0.15) is 5.82 Å². The van der Waals surface area contributed by atoms with Crippen molar-refractivity contribution in [3.8, 4) is 0 Å². The first-order valence-corrected chi connectivity index (χ1v) is 8.26. The lowest BCUT2D eigenvalue weighted by atomic mass is 9.75. The summed E-state index contributed by atoms with van der Waals surface area (Å²) >= 11 is 3.50. The van der Waals surface area contributed by atoms with Crippen LogP contribution in [-0.2, 0) is 0 Å². The molecule has 1 aromatic rings. The molecule has 1 aliphatic rings. The summed E-state index contributed by atoms with van der Waals surface area (Å²) in [6.07, 6.45) is 7.11. The summed E-state index contributed by atoms with van der Waals surface area (Å²) in [4.78, 5) is 6.86. The Morgan fingerprint density at radius 2 is 2.25 bits per heavy atom. The molecule has 4 heteroatoms. The Bertz CT molecular complexity index is 461. The molecule has 1 fully saturated rings. The van der Waals surface area contributed by atoms with Crippen molar-refractivity contribution >= 4 is 21.7 Å². The second-order valence-corrected chi connectivity index (χ2v) is 7.35. The van der Waals surface area contributed by atoms with E-state index in [4.69, 9.17) is 0 Å². The number of halogens is 1. The van der Waals surface area contributed by atoms with Crippen molar-refractivity contribution in [2.75, 3.05) is 26.0 Å². The number of likely N-dealkylation sites (N-methyl/N-ethyl adjacent to an activating group) is 1. The molecule has 2 unspecified atom stereocenters. The van der Waals surface area contributed by atoms with Gasteiger partial charge in [0.05, 0.1) is 0 Å². The van der Waals surface area contributed by atoms with Gasteiger partial charge in [-0.25, -0.2) is 4.98 Å². The first kappa shape index (κ1) is 15.8. The molecule has 1 heterocycles. The molecule has 1 saturated carbocycles. The smallest absolute Gasteiger partial charge is 0.126 e. The number of anilines is 1. The van der Waals surface area contributed by atoms with Gasteiger partial charge in [-0.15, -0.1) is 0 Å². The van der Waals surface area contributed by atoms with E-state index in [1.54, 1.807) is 0 Å². The predicted octanol–water partition coefficient (Wildman–Crippen LogP) is 4.07. The van der Waals surface area contributed by atoms with E-state index in [-0.39, 0.29) is 5.54 Å². The third-order valence-electron chi connectivity index (χ3n) is 4.66. The van der Waals surface area contributed by atoms with Gasteiger partial charge in [0, 0.05) is 22.8 Å². The SMILES string of the molecule is Cc1cc(NCC2(N(C)C)CCCC(C)C2)ncc1Br. The summed E-state index contributed by atoms with van der Waals surface area (Å²) in [5, 5.41) is 3.55. The van der Waals surface area contributed by atoms with Gasteiger partial charge in [0.15, 0.2) is 0 Å². The minimum absolute atomic E-state index is 0.264. The lowest BCUT2D eigenvalue weighted by molar-refractivity contribution is 0.0881. The lowest BCUT2D eigenvalue weighted by Crippen LogP contribution is -2.52. The molecule has 0 aliphatic heterocycles. The second kappa shape index (κ2) is 6.44. The molecule has 20 heavy (non-hydrogen) atoms. The molecule has 0 amide bonds. The van der Waals surface area contributed by atoms with Gasteiger partial charge in [0.2, 0.25) is 0 Å². The summed E-state index contributed by atoms with van der Waals surface area (Å²) < 4.78 is 1.07. The average molecular weight is 340 g/mol. The zero-order valence-corrected chi connectivity index (χ0v) is 14.6. The highest BCUT2D eigenvalue weighted by Gasteiger charge is 2.36. The largest absolute Gasteiger partial charge is 0.368 e. The van der Waals surface area contributed by atoms with Crippen LogP contribution in [0.4, 0.5) is 5.82 Å². The zero-order chi connectivity index (χ0) is 14.8. The number of hydrogen-bond acceptors (Lipinski definition) is 3. The van der Waals surface area contributed by atoms with Gasteiger partial charge in [-0.2, -0.15) is 0 Å². The normalized spacial score (nSPS) is 26.8. The molecule has 0 saturated heterocycles. The number of rotatable bonds is 4. The van der Waals surface area contributed by atoms with E-state index < -0.39 is 0 Å². The fourth-order valence-electron chi connectivity index (χ4n) is 3.25. The van der Waals surface area contributed by atoms with Crippen molar-refractivity contribution in [1.29, 1.82) is 0 Å². The van der Waals surface area contributed by atoms with Crippen LogP contribution in [0.25, 0.3) is 0 Å². The van der Waals surface area contributed by atoms with Crippen LogP contribution in [0.3, 0.4) is 0 Å². The van der Waals surface area contributed by atoms with E-state index >= 15 is 0 Å². The molecular weight excluding hydrogens is 314 g/mol. The van der Waals surface area contributed by atoms with Crippen LogP contribution in [0.15, 0.2) is 16.7 Å². The fraction of sp³-hybridized carbons (Fsp3) is 0.688. The topological polar surface area (TPSA) is 28.2 Å². The minimum atomic E-state index is 0.264. The van der Waals surface area contributed by atoms with Crippen molar-refractivity contribution < 1.29 is 0 Å². The van der Waals surface area contributed by atoms with Crippen molar-refractivity contribution in [3.05, 3.63) is 22.3 Å². The molecule has 1 N–H and O–H groups in total. The molecule has 0 aromatic carbocycles. The standard InChI is InChI=1S/C16H26BrN3/c1-12-6-5-7-16(9-12,20(3)4)11-19-15-8-13(2)14(17)10-18-15/h8,10,12H,5-7,9,11H2,1-4H3,(H,18,19). The van der Waals surface area contributed by atoms with Crippen LogP contribution in [0.5, 0.6) is 0 Å². The summed E-state index contributed by atoms with van der Waals surface area (Å²) in [7, 11) is 4.42. The Balaban J connectivity index is 2.07. The number of aromatic nitrogens is 1. The van der Waals surface area contributed by atoms with Crippen LogP contribution in [0.2, 0.25) is 0 Å². The number of hydrogen-bond donors (Lipinski definition) is 1. The lowest BCUT2D eigenvalue weighted by Gasteiger charge is -2.45. The van der Waals surface area contributed by atoms with Crippen molar-refractivity contribution in [3.63, 3.8) is 0 Å². The highest BCUT2D eigenvalue weighted by molar-refractivity contribution is 9.10. The van der Waals surface area contributed by atoms with Crippen molar-refractivity contribution in [2.24, 2.45) is 5.92 Å². The molecule has 1 aromatic heterocycles. The van der Waals surface area contributed by atoms with Crippen LogP contribution >= 0.6 is 15.9 Å². The highest BCUT2D eigenvalue weighted by Crippen LogP contribution is 2.35. The van der Waals surface area contributed by atoms with Crippen LogP contribution in [0.1, 0.15) is 38.2 Å². The second-order valence-electron chi connectivity index (χ2n) is 6.49. The number of pyridine rings is 1. The molecule has 2 atom stereocenters. The Morgan fingerprint density at radius 3 is 2.85 bits per heavy atom. The zero-order valence-electron chi connectivity index (χ0n) is 13.0. The highest BCUT2D eigenvalue weighted by atomic mass is 79.9. The Kier molecular flexibility index (Phi) is 5.08. The van der Waals surface area contributed by atoms with Gasteiger partial charge in [-0.05, 0) is 67.3 Å². The predicted molar refractivity (Wildman–Crippen MR) is 89.2 cm³/mol. The number of nitrogens with one attached hydrogen (secondary N) is 1. The van der Waals surface area contributed by atoms with Gasteiger partial charge in [-0.1, -0.05) is 19.8 Å². The maximum absolute atomic E-state index is 4.46. The molecule has 112 valence electrons. The van der Waals surface area contributed by atoms with Crippen LogP contribution in [-0.4, -0.2) is 36.1 Å². The fourth-order valence-corrected chi connectivity index (χ4v) is 3.47.